The number of anilines is 1. The van der Waals surface area contributed by atoms with Gasteiger partial charge in [-0.1, -0.05) is 29.4 Å². The van der Waals surface area contributed by atoms with Crippen molar-refractivity contribution in [3.63, 3.8) is 0 Å². The van der Waals surface area contributed by atoms with E-state index in [9.17, 15) is 4.79 Å². The predicted octanol–water partition coefficient (Wildman–Crippen LogP) is 3.48. The summed E-state index contributed by atoms with van der Waals surface area (Å²) in [5.41, 5.74) is 3.41. The molecule has 0 fully saturated rings. The largest absolute Gasteiger partial charge is 0.356 e. The zero-order chi connectivity index (χ0) is 15.5. The average Bonchev–Trinajstić information content (AvgIpc) is 2.95. The summed E-state index contributed by atoms with van der Waals surface area (Å²) < 4.78 is 5.23. The molecule has 0 unspecified atom stereocenters. The standard InChI is InChI=1S/C17H17N3O2/c1-12-6-5-7-13(10-12)20(2)17(21)18-11-15-14-8-3-4-9-16(14)22-19-15/h3-10H,11H2,1-2H3,(H,18,21). The number of nitrogens with zero attached hydrogens (tertiary/aromatic N) is 2. The molecule has 5 nitrogen and oxygen atoms in total. The van der Waals surface area contributed by atoms with E-state index in [4.69, 9.17) is 4.52 Å². The number of rotatable bonds is 3. The quantitative estimate of drug-likeness (QED) is 0.804. The molecule has 0 aliphatic heterocycles. The lowest BCUT2D eigenvalue weighted by Crippen LogP contribution is -2.36. The van der Waals surface area contributed by atoms with E-state index in [1.165, 1.54) is 0 Å². The first-order valence-corrected chi connectivity index (χ1v) is 7.06. The van der Waals surface area contributed by atoms with Gasteiger partial charge in [-0.05, 0) is 36.8 Å². The number of aryl methyl sites for hydroxylation is 1. The minimum absolute atomic E-state index is 0.183. The van der Waals surface area contributed by atoms with Crippen LogP contribution in [0.25, 0.3) is 11.0 Å². The minimum Gasteiger partial charge on any atom is -0.356 e. The first-order chi connectivity index (χ1) is 10.6. The van der Waals surface area contributed by atoms with Crippen LogP contribution in [-0.2, 0) is 6.54 Å². The van der Waals surface area contributed by atoms with Crippen LogP contribution in [0, 0.1) is 6.92 Å². The van der Waals surface area contributed by atoms with Crippen LogP contribution in [0.3, 0.4) is 0 Å². The number of urea groups is 1. The van der Waals surface area contributed by atoms with Gasteiger partial charge in [0.25, 0.3) is 0 Å². The highest BCUT2D eigenvalue weighted by Gasteiger charge is 2.13. The monoisotopic (exact) mass is 295 g/mol. The summed E-state index contributed by atoms with van der Waals surface area (Å²) in [6.45, 7) is 2.32. The molecule has 0 saturated heterocycles. The highest BCUT2D eigenvalue weighted by molar-refractivity contribution is 5.91. The smallest absolute Gasteiger partial charge is 0.321 e. The molecule has 0 radical (unpaired) electrons. The first-order valence-electron chi connectivity index (χ1n) is 7.06. The zero-order valence-electron chi connectivity index (χ0n) is 12.5. The summed E-state index contributed by atoms with van der Waals surface area (Å²) in [4.78, 5) is 13.8. The molecule has 0 saturated carbocycles. The van der Waals surface area contributed by atoms with Crippen molar-refractivity contribution in [3.8, 4) is 0 Å². The van der Waals surface area contributed by atoms with Gasteiger partial charge >= 0.3 is 6.03 Å². The number of fused-ring (bicyclic) bond motifs is 1. The van der Waals surface area contributed by atoms with E-state index >= 15 is 0 Å². The Morgan fingerprint density at radius 2 is 2.05 bits per heavy atom. The fraction of sp³-hybridized carbons (Fsp3) is 0.176. The third-order valence-electron chi connectivity index (χ3n) is 3.55. The Labute approximate surface area is 128 Å². The number of para-hydroxylation sites is 1. The lowest BCUT2D eigenvalue weighted by molar-refractivity contribution is 0.247. The fourth-order valence-corrected chi connectivity index (χ4v) is 2.30. The predicted molar refractivity (Wildman–Crippen MR) is 85.8 cm³/mol. The van der Waals surface area contributed by atoms with Gasteiger partial charge < -0.3 is 9.84 Å². The molecule has 2 aromatic carbocycles. The van der Waals surface area contributed by atoms with Crippen LogP contribution < -0.4 is 10.2 Å². The Balaban J connectivity index is 1.69. The lowest BCUT2D eigenvalue weighted by Gasteiger charge is -2.18. The third kappa shape index (κ3) is 2.79. The van der Waals surface area contributed by atoms with Gasteiger partial charge in [-0.3, -0.25) is 4.90 Å². The highest BCUT2D eigenvalue weighted by atomic mass is 16.5. The number of amides is 2. The molecular formula is C17H17N3O2. The van der Waals surface area contributed by atoms with Crippen LogP contribution in [0.4, 0.5) is 10.5 Å². The van der Waals surface area contributed by atoms with Gasteiger partial charge in [-0.25, -0.2) is 4.79 Å². The molecular weight excluding hydrogens is 278 g/mol. The topological polar surface area (TPSA) is 58.4 Å². The van der Waals surface area contributed by atoms with E-state index in [0.717, 1.165) is 27.9 Å². The molecule has 5 heteroatoms. The molecule has 1 N–H and O–H groups in total. The molecule has 0 aliphatic carbocycles. The van der Waals surface area contributed by atoms with Crippen molar-refractivity contribution in [1.29, 1.82) is 0 Å². The Hall–Kier alpha value is -2.82. The van der Waals surface area contributed by atoms with E-state index in [1.54, 1.807) is 11.9 Å². The van der Waals surface area contributed by atoms with Gasteiger partial charge in [0.1, 0.15) is 5.69 Å². The van der Waals surface area contributed by atoms with Gasteiger partial charge in [0, 0.05) is 18.1 Å². The number of carbonyl (C=O) groups is 1. The normalized spacial score (nSPS) is 10.6. The van der Waals surface area contributed by atoms with Gasteiger partial charge in [0.2, 0.25) is 0 Å². The summed E-state index contributed by atoms with van der Waals surface area (Å²) in [7, 11) is 1.74. The molecule has 3 aromatic rings. The molecule has 112 valence electrons. The number of hydrogen-bond donors (Lipinski definition) is 1. The first kappa shape index (κ1) is 14.1. The average molecular weight is 295 g/mol. The molecule has 0 bridgehead atoms. The van der Waals surface area contributed by atoms with Crippen molar-refractivity contribution in [2.75, 3.05) is 11.9 Å². The zero-order valence-corrected chi connectivity index (χ0v) is 12.5. The maximum atomic E-state index is 12.2. The number of carbonyl (C=O) groups excluding carboxylic acids is 1. The van der Waals surface area contributed by atoms with E-state index in [2.05, 4.69) is 10.5 Å². The minimum atomic E-state index is -0.183. The summed E-state index contributed by atoms with van der Waals surface area (Å²) >= 11 is 0. The maximum absolute atomic E-state index is 12.2. The van der Waals surface area contributed by atoms with Crippen LogP contribution in [-0.4, -0.2) is 18.2 Å². The van der Waals surface area contributed by atoms with E-state index in [1.807, 2.05) is 55.5 Å². The molecule has 0 atom stereocenters. The molecule has 0 spiro atoms. The summed E-state index contributed by atoms with van der Waals surface area (Å²) in [5.74, 6) is 0. The second-order valence-electron chi connectivity index (χ2n) is 5.18. The molecule has 2 amide bonds. The van der Waals surface area contributed by atoms with Crippen molar-refractivity contribution in [2.45, 2.75) is 13.5 Å². The van der Waals surface area contributed by atoms with Gasteiger partial charge in [-0.2, -0.15) is 0 Å². The lowest BCUT2D eigenvalue weighted by atomic mass is 10.2. The van der Waals surface area contributed by atoms with Crippen LogP contribution in [0.1, 0.15) is 11.3 Å². The Morgan fingerprint density at radius 3 is 2.86 bits per heavy atom. The third-order valence-corrected chi connectivity index (χ3v) is 3.55. The summed E-state index contributed by atoms with van der Waals surface area (Å²) in [6, 6.07) is 15.2. The second-order valence-corrected chi connectivity index (χ2v) is 5.18. The Kier molecular flexibility index (Phi) is 3.78. The Bertz CT molecular complexity index is 810. The van der Waals surface area contributed by atoms with Crippen molar-refractivity contribution in [2.24, 2.45) is 0 Å². The van der Waals surface area contributed by atoms with E-state index < -0.39 is 0 Å². The fourth-order valence-electron chi connectivity index (χ4n) is 2.30. The Morgan fingerprint density at radius 1 is 1.23 bits per heavy atom. The molecule has 1 aromatic heterocycles. The SMILES string of the molecule is Cc1cccc(N(C)C(=O)NCc2noc3ccccc23)c1. The van der Waals surface area contributed by atoms with Crippen molar-refractivity contribution < 1.29 is 9.32 Å². The van der Waals surface area contributed by atoms with Gasteiger partial charge in [0.05, 0.1) is 6.54 Å². The molecule has 1 heterocycles. The van der Waals surface area contributed by atoms with Crippen molar-refractivity contribution >= 4 is 22.7 Å². The van der Waals surface area contributed by atoms with Crippen molar-refractivity contribution in [3.05, 3.63) is 59.8 Å². The van der Waals surface area contributed by atoms with Crippen LogP contribution >= 0.6 is 0 Å². The number of nitrogens with one attached hydrogen (secondary N) is 1. The number of hydrogen-bond acceptors (Lipinski definition) is 3. The maximum Gasteiger partial charge on any atom is 0.321 e. The molecule has 22 heavy (non-hydrogen) atoms. The molecule has 3 rings (SSSR count). The van der Waals surface area contributed by atoms with Crippen molar-refractivity contribution in [1.82, 2.24) is 10.5 Å². The van der Waals surface area contributed by atoms with Crippen LogP contribution in [0.5, 0.6) is 0 Å². The number of aromatic nitrogens is 1. The van der Waals surface area contributed by atoms with E-state index in [-0.39, 0.29) is 6.03 Å². The molecule has 0 aliphatic rings. The second kappa shape index (κ2) is 5.89. The van der Waals surface area contributed by atoms with Gasteiger partial charge in [0.15, 0.2) is 5.58 Å². The van der Waals surface area contributed by atoms with Gasteiger partial charge in [-0.15, -0.1) is 0 Å². The van der Waals surface area contributed by atoms with Crippen LogP contribution in [0.15, 0.2) is 53.1 Å². The highest BCUT2D eigenvalue weighted by Crippen LogP contribution is 2.18. The van der Waals surface area contributed by atoms with E-state index in [0.29, 0.717) is 6.54 Å². The number of benzene rings is 2. The van der Waals surface area contributed by atoms with Crippen LogP contribution in [0.2, 0.25) is 0 Å². The summed E-state index contributed by atoms with van der Waals surface area (Å²) in [5, 5.41) is 7.78. The summed E-state index contributed by atoms with van der Waals surface area (Å²) in [6.07, 6.45) is 0.